The number of hydrogen-bond donors (Lipinski definition) is 0. The first-order valence-corrected chi connectivity index (χ1v) is 24.0. The summed E-state index contributed by atoms with van der Waals surface area (Å²) in [7, 11) is 0. The van der Waals surface area contributed by atoms with Crippen molar-refractivity contribution in [3.8, 4) is 11.4 Å². The van der Waals surface area contributed by atoms with Crippen molar-refractivity contribution in [2.24, 2.45) is 0 Å². The Bertz CT molecular complexity index is 4250. The second kappa shape index (κ2) is 13.9. The van der Waals surface area contributed by atoms with Gasteiger partial charge in [-0.1, -0.05) is 128 Å². The molecule has 6 nitrogen and oxygen atoms in total. The minimum absolute atomic E-state index is 0.0588. The molecule has 0 unspecified atom stereocenters. The second-order valence-corrected chi connectivity index (χ2v) is 20.5. The fourth-order valence-electron chi connectivity index (χ4n) is 12.3. The number of hydrogen-bond acceptors (Lipinski definition) is 4. The molecule has 6 heteroatoms. The molecule has 0 aliphatic rings. The highest BCUT2D eigenvalue weighted by atomic mass is 16.2. The van der Waals surface area contributed by atoms with Gasteiger partial charge in [0.15, 0.2) is 0 Å². The molecule has 0 radical (unpaired) electrons. The van der Waals surface area contributed by atoms with E-state index < -0.39 is 0 Å². The lowest BCUT2D eigenvalue weighted by Gasteiger charge is -2.25. The van der Waals surface area contributed by atoms with Gasteiger partial charge in [-0.15, -0.1) is 0 Å². The van der Waals surface area contributed by atoms with Crippen LogP contribution in [0.15, 0.2) is 141 Å². The highest BCUT2D eigenvalue weighted by Gasteiger charge is 2.30. The maximum absolute atomic E-state index is 15.6. The zero-order valence-electron chi connectivity index (χ0n) is 39.4. The van der Waals surface area contributed by atoms with Crippen LogP contribution in [0.2, 0.25) is 0 Å². The third-order valence-corrected chi connectivity index (χ3v) is 15.4. The molecule has 0 amide bonds. The van der Waals surface area contributed by atoms with Gasteiger partial charge in [0.05, 0.1) is 11.4 Å². The Morgan fingerprint density at radius 1 is 0.279 bits per heavy atom. The number of pyridine rings is 2. The SMILES string of the molecule is CC(C)c1cccc(C(C)C)c1-n1c(=O)c2ccc3c4ccc5c(=O)n(-c6c(C(C)C)cccc6C(C)C)c(=O)c6cc7c8cc9cc%10ccccc%10cc9cc8c8cc(c1=O)c2c3c8c7c4c56. The Kier molecular flexibility index (Phi) is 8.31. The van der Waals surface area contributed by atoms with Crippen molar-refractivity contribution in [1.29, 1.82) is 0 Å². The lowest BCUT2D eigenvalue weighted by atomic mass is 9.80. The van der Waals surface area contributed by atoms with Crippen LogP contribution in [0.1, 0.15) is 101 Å². The Morgan fingerprint density at radius 3 is 0.956 bits per heavy atom. The van der Waals surface area contributed by atoms with Crippen LogP contribution in [-0.4, -0.2) is 9.13 Å². The monoisotopic (exact) mass is 884 g/mol. The zero-order valence-corrected chi connectivity index (χ0v) is 39.4. The average molecular weight is 885 g/mol. The fourth-order valence-corrected chi connectivity index (χ4v) is 12.3. The van der Waals surface area contributed by atoms with E-state index in [-0.39, 0.29) is 45.9 Å². The maximum Gasteiger partial charge on any atom is 0.266 e. The zero-order chi connectivity index (χ0) is 46.9. The van der Waals surface area contributed by atoms with Gasteiger partial charge in [-0.3, -0.25) is 19.2 Å². The molecule has 0 saturated heterocycles. The van der Waals surface area contributed by atoms with Crippen LogP contribution in [0.4, 0.5) is 0 Å². The van der Waals surface area contributed by atoms with Gasteiger partial charge in [-0.05, 0) is 170 Å². The number of nitrogens with zero attached hydrogens (tertiary/aromatic N) is 2. The van der Waals surface area contributed by atoms with Gasteiger partial charge < -0.3 is 0 Å². The smallest absolute Gasteiger partial charge is 0.266 e. The molecule has 13 rings (SSSR count). The quantitative estimate of drug-likeness (QED) is 0.123. The second-order valence-electron chi connectivity index (χ2n) is 20.5. The first-order valence-electron chi connectivity index (χ1n) is 24.0. The number of fused-ring (bicyclic) bond motifs is 6. The van der Waals surface area contributed by atoms with E-state index in [4.69, 9.17) is 0 Å². The third kappa shape index (κ3) is 5.12. The van der Waals surface area contributed by atoms with Gasteiger partial charge in [-0.2, -0.15) is 0 Å². The van der Waals surface area contributed by atoms with Crippen LogP contribution in [0, 0.1) is 0 Å². The van der Waals surface area contributed by atoms with Crippen molar-refractivity contribution in [3.63, 3.8) is 0 Å². The molecule has 2 aromatic heterocycles. The topological polar surface area (TPSA) is 78.1 Å². The Balaban J connectivity index is 1.29. The molecule has 2 heterocycles. The Morgan fingerprint density at radius 2 is 0.603 bits per heavy atom. The van der Waals surface area contributed by atoms with Gasteiger partial charge >= 0.3 is 0 Å². The summed E-state index contributed by atoms with van der Waals surface area (Å²) < 4.78 is 2.90. The van der Waals surface area contributed by atoms with E-state index >= 15 is 19.2 Å². The number of para-hydroxylation sites is 2. The molecular weight excluding hydrogens is 837 g/mol. The number of aromatic nitrogens is 2. The van der Waals surface area contributed by atoms with Crippen LogP contribution in [0.25, 0.3) is 119 Å². The van der Waals surface area contributed by atoms with E-state index in [1.54, 1.807) is 0 Å². The molecule has 0 atom stereocenters. The number of benzene rings is 11. The molecule has 0 N–H and O–H groups in total. The predicted molar refractivity (Wildman–Crippen MR) is 286 cm³/mol. The lowest BCUT2D eigenvalue weighted by molar-refractivity contribution is 0.792. The van der Waals surface area contributed by atoms with E-state index in [1.165, 1.54) is 9.13 Å². The Hall–Kier alpha value is -7.70. The molecule has 13 aromatic rings. The minimum Gasteiger partial charge on any atom is -0.268 e. The normalized spacial score (nSPS) is 12.9. The first kappa shape index (κ1) is 40.6. The van der Waals surface area contributed by atoms with Gasteiger partial charge in [0.1, 0.15) is 0 Å². The van der Waals surface area contributed by atoms with E-state index in [0.717, 1.165) is 97.7 Å². The van der Waals surface area contributed by atoms with Crippen molar-refractivity contribution in [2.75, 3.05) is 0 Å². The van der Waals surface area contributed by atoms with Crippen molar-refractivity contribution in [2.45, 2.75) is 79.1 Å². The minimum atomic E-state index is -0.341. The summed E-state index contributed by atoms with van der Waals surface area (Å²) in [5.74, 6) is 0.235. The fraction of sp³-hybridized carbons (Fsp3) is 0.194. The summed E-state index contributed by atoms with van der Waals surface area (Å²) in [5.41, 5.74) is 3.78. The molecule has 0 saturated carbocycles. The van der Waals surface area contributed by atoms with E-state index in [0.29, 0.717) is 43.7 Å². The van der Waals surface area contributed by atoms with Crippen molar-refractivity contribution in [1.82, 2.24) is 9.13 Å². The van der Waals surface area contributed by atoms with Crippen LogP contribution >= 0.6 is 0 Å². The summed E-state index contributed by atoms with van der Waals surface area (Å²) in [6, 6.07) is 41.4. The molecule has 0 fully saturated rings. The van der Waals surface area contributed by atoms with Crippen molar-refractivity contribution >= 4 is 108 Å². The number of rotatable bonds is 6. The summed E-state index contributed by atoms with van der Waals surface area (Å²) in [5, 5.41) is 16.5. The average Bonchev–Trinajstić information content (AvgIpc) is 3.32. The molecule has 0 aliphatic heterocycles. The molecule has 330 valence electrons. The largest absolute Gasteiger partial charge is 0.268 e. The summed E-state index contributed by atoms with van der Waals surface area (Å²) in [4.78, 5) is 61.7. The van der Waals surface area contributed by atoms with E-state index in [1.807, 2.05) is 72.8 Å². The van der Waals surface area contributed by atoms with Crippen LogP contribution in [0.5, 0.6) is 0 Å². The van der Waals surface area contributed by atoms with Crippen molar-refractivity contribution in [3.05, 3.63) is 185 Å². The molecule has 0 aliphatic carbocycles. The highest BCUT2D eigenvalue weighted by Crippen LogP contribution is 2.51. The van der Waals surface area contributed by atoms with Crippen LogP contribution < -0.4 is 22.2 Å². The predicted octanol–water partition coefficient (Wildman–Crippen LogP) is 14.5. The molecule has 0 bridgehead atoms. The van der Waals surface area contributed by atoms with Gasteiger partial charge in [-0.25, -0.2) is 9.13 Å². The highest BCUT2D eigenvalue weighted by molar-refractivity contribution is 6.49. The van der Waals surface area contributed by atoms with Crippen molar-refractivity contribution < 1.29 is 0 Å². The van der Waals surface area contributed by atoms with Gasteiger partial charge in [0.2, 0.25) is 0 Å². The summed E-state index contributed by atoms with van der Waals surface area (Å²) in [6.07, 6.45) is 0. The Labute approximate surface area is 390 Å². The lowest BCUT2D eigenvalue weighted by Crippen LogP contribution is -2.34. The standard InChI is InChI=1S/C62H48N2O4/c1-29(2)37-15-11-16-38(30(3)4)57(37)63-59(65)43-21-19-41-42-20-22-44-52-50(62(68)64(60(44)66)58-39(31(5)6)17-12-18-40(58)32(7)8)28-48-46-26-36-24-34-14-10-9-13-33(34)23-35(36)25-45(46)47-27-49(61(63)67)51(43)53(41)55(47)56(48)54(42)52/h9-32H,1-8H3. The maximum atomic E-state index is 15.6. The first-order chi connectivity index (χ1) is 32.7. The van der Waals surface area contributed by atoms with Crippen LogP contribution in [-0.2, 0) is 0 Å². The van der Waals surface area contributed by atoms with Gasteiger partial charge in [0.25, 0.3) is 22.2 Å². The van der Waals surface area contributed by atoms with Crippen LogP contribution in [0.3, 0.4) is 0 Å². The van der Waals surface area contributed by atoms with E-state index in [2.05, 4.69) is 104 Å². The summed E-state index contributed by atoms with van der Waals surface area (Å²) in [6.45, 7) is 16.8. The summed E-state index contributed by atoms with van der Waals surface area (Å²) >= 11 is 0. The molecule has 11 aromatic carbocycles. The molecule has 0 spiro atoms. The van der Waals surface area contributed by atoms with E-state index in [9.17, 15) is 0 Å². The molecule has 68 heavy (non-hydrogen) atoms. The third-order valence-electron chi connectivity index (χ3n) is 15.4. The molecular formula is C62H48N2O4. The van der Waals surface area contributed by atoms with Gasteiger partial charge in [0, 0.05) is 32.3 Å².